The van der Waals surface area contributed by atoms with Crippen LogP contribution >= 0.6 is 0 Å². The predicted octanol–water partition coefficient (Wildman–Crippen LogP) is 12.4. The molecule has 5 heteroatoms. The first-order valence-corrected chi connectivity index (χ1v) is 18.3. The van der Waals surface area contributed by atoms with Crippen LogP contribution in [0.1, 0.15) is 11.1 Å². The van der Waals surface area contributed by atoms with Gasteiger partial charge in [0.2, 0.25) is 0 Å². The first-order valence-electron chi connectivity index (χ1n) is 18.3. The smallest absolute Gasteiger partial charge is 0.101 e. The monoisotopic (exact) mass is 699 g/mol. The van der Waals surface area contributed by atoms with Crippen LogP contribution in [-0.4, -0.2) is 13.7 Å². The first-order chi connectivity index (χ1) is 27.2. The Hall–Kier alpha value is -7.86. The molecule has 254 valence electrons. The SMILES string of the molecule is N#Cc1cccc(-c2ccccc2-n2c3ccccc3c3c(C#N)cccc32)c1-n1c2ccccc2c2ccc(-n3c4ccccc4c4ccccc43)cc21. The average molecular weight is 700 g/mol. The number of nitriles is 2. The summed E-state index contributed by atoms with van der Waals surface area (Å²) in [6.45, 7) is 0. The van der Waals surface area contributed by atoms with Crippen molar-refractivity contribution >= 4 is 65.4 Å². The van der Waals surface area contributed by atoms with E-state index in [2.05, 4.69) is 165 Å². The molecule has 5 nitrogen and oxygen atoms in total. The number of hydrogen-bond donors (Lipinski definition) is 0. The van der Waals surface area contributed by atoms with Crippen molar-refractivity contribution in [2.24, 2.45) is 0 Å². The van der Waals surface area contributed by atoms with E-state index in [1.54, 1.807) is 0 Å². The zero-order valence-corrected chi connectivity index (χ0v) is 29.5. The van der Waals surface area contributed by atoms with Gasteiger partial charge in [0.1, 0.15) is 6.07 Å². The van der Waals surface area contributed by atoms with E-state index in [0.717, 1.165) is 82.8 Å². The molecule has 8 aromatic carbocycles. The van der Waals surface area contributed by atoms with E-state index in [9.17, 15) is 10.5 Å². The average Bonchev–Trinajstić information content (AvgIpc) is 3.89. The van der Waals surface area contributed by atoms with Gasteiger partial charge in [0.15, 0.2) is 0 Å². The summed E-state index contributed by atoms with van der Waals surface area (Å²) in [5, 5.41) is 27.6. The van der Waals surface area contributed by atoms with Gasteiger partial charge in [0, 0.05) is 49.1 Å². The molecule has 11 rings (SSSR count). The molecule has 0 fully saturated rings. The minimum Gasteiger partial charge on any atom is -0.309 e. The molecule has 3 aromatic heterocycles. The van der Waals surface area contributed by atoms with Gasteiger partial charge in [-0.3, -0.25) is 0 Å². The highest BCUT2D eigenvalue weighted by molar-refractivity contribution is 6.14. The van der Waals surface area contributed by atoms with Crippen molar-refractivity contribution in [3.63, 3.8) is 0 Å². The molecule has 0 aliphatic carbocycles. The molecular formula is C50H29N5. The van der Waals surface area contributed by atoms with E-state index in [1.807, 2.05) is 36.4 Å². The maximum atomic E-state index is 10.9. The summed E-state index contributed by atoms with van der Waals surface area (Å²) < 4.78 is 6.89. The third-order valence-electron chi connectivity index (χ3n) is 11.1. The number of para-hydroxylation sites is 6. The fourth-order valence-corrected chi connectivity index (χ4v) is 8.90. The molecule has 0 unspecified atom stereocenters. The van der Waals surface area contributed by atoms with Gasteiger partial charge >= 0.3 is 0 Å². The summed E-state index contributed by atoms with van der Waals surface area (Å²) in [4.78, 5) is 0. The summed E-state index contributed by atoms with van der Waals surface area (Å²) in [6, 6.07) is 65.9. The molecule has 0 spiro atoms. The lowest BCUT2D eigenvalue weighted by Crippen LogP contribution is -2.04. The van der Waals surface area contributed by atoms with Crippen molar-refractivity contribution in [1.82, 2.24) is 13.7 Å². The highest BCUT2D eigenvalue weighted by Gasteiger charge is 2.23. The second-order valence-corrected chi connectivity index (χ2v) is 13.9. The second kappa shape index (κ2) is 11.8. The maximum absolute atomic E-state index is 10.9. The molecule has 0 atom stereocenters. The van der Waals surface area contributed by atoms with E-state index in [1.165, 1.54) is 10.8 Å². The molecule has 0 saturated carbocycles. The van der Waals surface area contributed by atoms with Crippen LogP contribution < -0.4 is 0 Å². The first kappa shape index (κ1) is 30.7. The van der Waals surface area contributed by atoms with Gasteiger partial charge < -0.3 is 13.7 Å². The van der Waals surface area contributed by atoms with E-state index >= 15 is 0 Å². The van der Waals surface area contributed by atoms with E-state index in [-0.39, 0.29) is 0 Å². The Labute approximate surface area is 316 Å². The number of rotatable bonds is 4. The van der Waals surface area contributed by atoms with E-state index in [4.69, 9.17) is 0 Å². The quantitative estimate of drug-likeness (QED) is 0.184. The van der Waals surface area contributed by atoms with Crippen LogP contribution in [0.5, 0.6) is 0 Å². The third kappa shape index (κ3) is 4.33. The van der Waals surface area contributed by atoms with Gasteiger partial charge in [-0.25, -0.2) is 0 Å². The van der Waals surface area contributed by atoms with E-state index < -0.39 is 0 Å². The predicted molar refractivity (Wildman–Crippen MR) is 224 cm³/mol. The molecule has 55 heavy (non-hydrogen) atoms. The highest BCUT2D eigenvalue weighted by atomic mass is 15.0. The number of fused-ring (bicyclic) bond motifs is 9. The van der Waals surface area contributed by atoms with Gasteiger partial charge in [0.05, 0.1) is 61.7 Å². The Bertz CT molecular complexity index is 3420. The van der Waals surface area contributed by atoms with Crippen LogP contribution in [0.2, 0.25) is 0 Å². The molecule has 11 aromatic rings. The van der Waals surface area contributed by atoms with Crippen LogP contribution in [0.4, 0.5) is 0 Å². The largest absolute Gasteiger partial charge is 0.309 e. The number of nitrogens with zero attached hydrogens (tertiary/aromatic N) is 5. The van der Waals surface area contributed by atoms with Crippen LogP contribution in [0.15, 0.2) is 176 Å². The summed E-state index contributed by atoms with van der Waals surface area (Å²) in [5.41, 5.74) is 12.2. The molecule has 0 saturated heterocycles. The van der Waals surface area contributed by atoms with Gasteiger partial charge in [-0.2, -0.15) is 10.5 Å². The van der Waals surface area contributed by atoms with Crippen molar-refractivity contribution in [2.75, 3.05) is 0 Å². The molecule has 0 aliphatic rings. The summed E-state index contributed by atoms with van der Waals surface area (Å²) in [6.07, 6.45) is 0. The van der Waals surface area contributed by atoms with Crippen molar-refractivity contribution in [3.8, 4) is 40.3 Å². The minimum absolute atomic E-state index is 0.575. The highest BCUT2D eigenvalue weighted by Crippen LogP contribution is 2.43. The minimum atomic E-state index is 0.575. The Balaban J connectivity index is 1.24. The molecule has 0 radical (unpaired) electrons. The number of benzene rings is 8. The third-order valence-corrected chi connectivity index (χ3v) is 11.1. The van der Waals surface area contributed by atoms with Gasteiger partial charge in [-0.05, 0) is 60.7 Å². The van der Waals surface area contributed by atoms with Gasteiger partial charge in [0.25, 0.3) is 0 Å². The van der Waals surface area contributed by atoms with Gasteiger partial charge in [-0.1, -0.05) is 115 Å². The topological polar surface area (TPSA) is 62.4 Å². The lowest BCUT2D eigenvalue weighted by atomic mass is 9.98. The Morgan fingerprint density at radius 2 is 0.836 bits per heavy atom. The zero-order chi connectivity index (χ0) is 36.6. The van der Waals surface area contributed by atoms with Crippen molar-refractivity contribution < 1.29 is 0 Å². The van der Waals surface area contributed by atoms with Crippen molar-refractivity contribution in [2.45, 2.75) is 0 Å². The molecule has 3 heterocycles. The standard InChI is InChI=1S/C50H29N5/c51-30-32-13-12-26-47-49(32)41-19-5-10-25-46(41)54(47)44-23-8-4-18-38(44)40-20-11-14-33(31-52)50(40)55-45-24-9-3-17-37(45)39-28-27-34(29-48(39)55)53-42-21-6-1-15-35(42)36-16-2-7-22-43(36)53/h1-29H. The number of aromatic nitrogens is 3. The van der Waals surface area contributed by atoms with Gasteiger partial charge in [-0.15, -0.1) is 0 Å². The molecule has 0 bridgehead atoms. The van der Waals surface area contributed by atoms with Crippen LogP contribution in [0.25, 0.3) is 93.6 Å². The Morgan fingerprint density at radius 3 is 1.51 bits per heavy atom. The molecule has 0 N–H and O–H groups in total. The molecule has 0 aliphatic heterocycles. The summed E-state index contributed by atoms with van der Waals surface area (Å²) in [5.74, 6) is 0. The lowest BCUT2D eigenvalue weighted by Gasteiger charge is -2.19. The Morgan fingerprint density at radius 1 is 0.345 bits per heavy atom. The summed E-state index contributed by atoms with van der Waals surface area (Å²) >= 11 is 0. The van der Waals surface area contributed by atoms with Crippen molar-refractivity contribution in [1.29, 1.82) is 10.5 Å². The molecular weight excluding hydrogens is 671 g/mol. The fourth-order valence-electron chi connectivity index (χ4n) is 8.90. The van der Waals surface area contributed by atoms with Crippen LogP contribution in [0, 0.1) is 22.7 Å². The van der Waals surface area contributed by atoms with Crippen molar-refractivity contribution in [3.05, 3.63) is 187 Å². The summed E-state index contributed by atoms with van der Waals surface area (Å²) in [7, 11) is 0. The van der Waals surface area contributed by atoms with Crippen LogP contribution in [0.3, 0.4) is 0 Å². The number of hydrogen-bond acceptors (Lipinski definition) is 2. The second-order valence-electron chi connectivity index (χ2n) is 13.9. The lowest BCUT2D eigenvalue weighted by molar-refractivity contribution is 1.14. The Kier molecular flexibility index (Phi) is 6.61. The normalized spacial score (nSPS) is 11.6. The fraction of sp³-hybridized carbons (Fsp3) is 0. The van der Waals surface area contributed by atoms with Crippen LogP contribution in [-0.2, 0) is 0 Å². The maximum Gasteiger partial charge on any atom is 0.101 e. The van der Waals surface area contributed by atoms with E-state index in [0.29, 0.717) is 11.1 Å². The molecule has 0 amide bonds. The zero-order valence-electron chi connectivity index (χ0n) is 29.5.